The molecule has 2 heterocycles. The average molecular weight is 428 g/mol. The summed E-state index contributed by atoms with van der Waals surface area (Å²) in [5.74, 6) is 1.32. The maximum atomic E-state index is 11.8. The first kappa shape index (κ1) is 19.3. The Bertz CT molecular complexity index is 1180. The molecule has 32 heavy (non-hydrogen) atoms. The molecule has 2 aromatic carbocycles. The van der Waals surface area contributed by atoms with Crippen molar-refractivity contribution < 1.29 is 9.72 Å². The van der Waals surface area contributed by atoms with E-state index in [0.29, 0.717) is 17.8 Å². The second-order valence-electron chi connectivity index (χ2n) is 9.44. The highest BCUT2D eigenvalue weighted by atomic mass is 16.6. The number of amides is 1. The molecule has 0 unspecified atom stereocenters. The summed E-state index contributed by atoms with van der Waals surface area (Å²) in [7, 11) is 0. The number of hydrogen-bond acceptors (Lipinski definition) is 4. The maximum Gasteiger partial charge on any atom is 0.269 e. The second-order valence-corrected chi connectivity index (χ2v) is 9.44. The van der Waals surface area contributed by atoms with Crippen molar-refractivity contribution in [2.75, 3.05) is 16.8 Å². The molecule has 1 N–H and O–H groups in total. The lowest BCUT2D eigenvalue weighted by molar-refractivity contribution is -0.384. The van der Waals surface area contributed by atoms with E-state index in [9.17, 15) is 14.9 Å². The predicted molar refractivity (Wildman–Crippen MR) is 124 cm³/mol. The number of benzene rings is 2. The Morgan fingerprint density at radius 1 is 1.09 bits per heavy atom. The molecule has 2 aliphatic carbocycles. The number of hydrogen-bond donors (Lipinski definition) is 1. The number of allylic oxidation sites excluding steroid dienone is 4. The van der Waals surface area contributed by atoms with E-state index in [1.54, 1.807) is 19.1 Å². The van der Waals surface area contributed by atoms with Crippen molar-refractivity contribution in [3.8, 4) is 0 Å². The molecule has 0 saturated heterocycles. The molecule has 0 fully saturated rings. The first-order valence-corrected chi connectivity index (χ1v) is 11.3. The monoisotopic (exact) mass is 427 g/mol. The zero-order valence-corrected chi connectivity index (χ0v) is 17.9. The molecule has 0 radical (unpaired) electrons. The molecule has 1 amide bonds. The first-order chi connectivity index (χ1) is 15.5. The summed E-state index contributed by atoms with van der Waals surface area (Å²) in [4.78, 5) is 25.5. The van der Waals surface area contributed by atoms with Gasteiger partial charge in [0, 0.05) is 48.8 Å². The van der Waals surface area contributed by atoms with Gasteiger partial charge in [-0.15, -0.1) is 0 Å². The number of nitro groups is 1. The van der Waals surface area contributed by atoms with Crippen LogP contribution in [-0.4, -0.2) is 17.4 Å². The van der Waals surface area contributed by atoms with Gasteiger partial charge in [0.25, 0.3) is 5.69 Å². The average Bonchev–Trinajstić information content (AvgIpc) is 3.43. The number of carbonyl (C=O) groups is 1. The molecule has 0 spiro atoms. The van der Waals surface area contributed by atoms with Gasteiger partial charge < -0.3 is 10.2 Å². The topological polar surface area (TPSA) is 75.5 Å². The smallest absolute Gasteiger partial charge is 0.269 e. The highest BCUT2D eigenvalue weighted by molar-refractivity contribution is 5.90. The summed E-state index contributed by atoms with van der Waals surface area (Å²) in [5.41, 5.74) is 5.83. The Labute approximate surface area is 186 Å². The third kappa shape index (κ3) is 2.82. The summed E-state index contributed by atoms with van der Waals surface area (Å²) in [6, 6.07) is 11.6. The normalized spacial score (nSPS) is 28.8. The van der Waals surface area contributed by atoms with E-state index in [0.717, 1.165) is 30.6 Å². The number of non-ortho nitro benzene ring substituents is 1. The number of nitrogens with zero attached hydrogens (tertiary/aromatic N) is 2. The third-order valence-electron chi connectivity index (χ3n) is 7.59. The van der Waals surface area contributed by atoms with E-state index >= 15 is 0 Å². The van der Waals surface area contributed by atoms with E-state index in [2.05, 4.69) is 46.7 Å². The number of carbonyl (C=O) groups excluding carboxylic acids is 1. The largest absolute Gasteiger partial charge is 0.363 e. The van der Waals surface area contributed by atoms with Crippen LogP contribution in [0.25, 0.3) is 0 Å². The Morgan fingerprint density at radius 2 is 1.84 bits per heavy atom. The molecule has 5 atom stereocenters. The van der Waals surface area contributed by atoms with Crippen LogP contribution in [0.1, 0.15) is 54.3 Å². The van der Waals surface area contributed by atoms with E-state index < -0.39 is 0 Å². The minimum absolute atomic E-state index is 0.0628. The van der Waals surface area contributed by atoms with Crippen molar-refractivity contribution in [2.24, 2.45) is 11.8 Å². The van der Waals surface area contributed by atoms with Crippen LogP contribution in [0.4, 0.5) is 17.1 Å². The van der Waals surface area contributed by atoms with Gasteiger partial charge in [-0.1, -0.05) is 36.4 Å². The molecule has 4 aliphatic rings. The van der Waals surface area contributed by atoms with Crippen molar-refractivity contribution in [1.29, 1.82) is 0 Å². The van der Waals surface area contributed by atoms with Gasteiger partial charge in [0.15, 0.2) is 0 Å². The number of fused-ring (bicyclic) bond motifs is 4. The zero-order chi connectivity index (χ0) is 22.0. The molecule has 6 nitrogen and oxygen atoms in total. The first-order valence-electron chi connectivity index (χ1n) is 11.3. The molecular weight excluding hydrogens is 402 g/mol. The number of nitro benzene ring substituents is 1. The summed E-state index contributed by atoms with van der Waals surface area (Å²) in [6.45, 7) is 2.49. The third-order valence-corrected chi connectivity index (χ3v) is 7.59. The predicted octanol–water partition coefficient (Wildman–Crippen LogP) is 5.45. The number of anilines is 2. The lowest BCUT2D eigenvalue weighted by Gasteiger charge is -2.51. The van der Waals surface area contributed by atoms with Gasteiger partial charge in [0.1, 0.15) is 0 Å². The quantitative estimate of drug-likeness (QED) is 0.402. The Hall–Kier alpha value is -3.41. The fraction of sp³-hybridized carbons (Fsp3) is 0.346. The maximum absolute atomic E-state index is 11.8. The lowest BCUT2D eigenvalue weighted by atomic mass is 9.70. The molecule has 0 aromatic heterocycles. The van der Waals surface area contributed by atoms with Gasteiger partial charge in [-0.25, -0.2) is 0 Å². The molecule has 6 heteroatoms. The molecule has 0 saturated carbocycles. The molecule has 0 bridgehead atoms. The molecule has 162 valence electrons. The van der Waals surface area contributed by atoms with Gasteiger partial charge in [-0.2, -0.15) is 0 Å². The second kappa shape index (κ2) is 7.05. The SMILES string of the molecule is CC(=O)Nc1cc2c3c(c1)[C@@H]1C=CC[C@H]1[C@H](c1cccc([N+](=O)[O-])c1)N3C[C@H]1CC=C[C@H]21. The summed E-state index contributed by atoms with van der Waals surface area (Å²) < 4.78 is 0. The van der Waals surface area contributed by atoms with Crippen LogP contribution < -0.4 is 10.2 Å². The lowest BCUT2D eigenvalue weighted by Crippen LogP contribution is -2.46. The van der Waals surface area contributed by atoms with Crippen LogP contribution in [0.2, 0.25) is 0 Å². The summed E-state index contributed by atoms with van der Waals surface area (Å²) in [5, 5.41) is 14.5. The van der Waals surface area contributed by atoms with Gasteiger partial charge in [-0.05, 0) is 53.5 Å². The minimum Gasteiger partial charge on any atom is -0.363 e. The molecular formula is C26H25N3O3. The summed E-state index contributed by atoms with van der Waals surface area (Å²) >= 11 is 0. The van der Waals surface area contributed by atoms with Crippen LogP contribution in [0, 0.1) is 22.0 Å². The van der Waals surface area contributed by atoms with Crippen LogP contribution >= 0.6 is 0 Å². The van der Waals surface area contributed by atoms with Crippen molar-refractivity contribution >= 4 is 23.0 Å². The van der Waals surface area contributed by atoms with Crippen LogP contribution in [0.15, 0.2) is 60.7 Å². The van der Waals surface area contributed by atoms with Gasteiger partial charge in [0.2, 0.25) is 5.91 Å². The Balaban J connectivity index is 1.56. The van der Waals surface area contributed by atoms with Crippen molar-refractivity contribution in [2.45, 2.75) is 37.6 Å². The summed E-state index contributed by atoms with van der Waals surface area (Å²) in [6.07, 6.45) is 11.1. The van der Waals surface area contributed by atoms with Gasteiger partial charge >= 0.3 is 0 Å². The fourth-order valence-electron chi connectivity index (χ4n) is 6.45. The van der Waals surface area contributed by atoms with E-state index in [4.69, 9.17) is 0 Å². The highest BCUT2D eigenvalue weighted by Crippen LogP contribution is 2.59. The molecule has 6 rings (SSSR count). The highest BCUT2D eigenvalue weighted by Gasteiger charge is 2.48. The van der Waals surface area contributed by atoms with E-state index in [1.165, 1.54) is 16.8 Å². The van der Waals surface area contributed by atoms with Crippen molar-refractivity contribution in [1.82, 2.24) is 0 Å². The van der Waals surface area contributed by atoms with Crippen molar-refractivity contribution in [3.63, 3.8) is 0 Å². The fourth-order valence-corrected chi connectivity index (χ4v) is 6.45. The Kier molecular flexibility index (Phi) is 4.25. The van der Waals surface area contributed by atoms with Gasteiger partial charge in [0.05, 0.1) is 11.0 Å². The molecule has 2 aliphatic heterocycles. The van der Waals surface area contributed by atoms with E-state index in [-0.39, 0.29) is 28.5 Å². The Morgan fingerprint density at radius 3 is 2.62 bits per heavy atom. The number of nitrogens with one attached hydrogen (secondary N) is 1. The number of rotatable bonds is 3. The van der Waals surface area contributed by atoms with Crippen LogP contribution in [-0.2, 0) is 4.79 Å². The van der Waals surface area contributed by atoms with Crippen molar-refractivity contribution in [3.05, 3.63) is 87.5 Å². The zero-order valence-electron chi connectivity index (χ0n) is 17.9. The standard InChI is InChI=1S/C26H25N3O3/c1-15(30)27-18-12-23-20-8-3-6-17(20)14-28-25(16-5-2-7-19(11-16)29(31)32)22-10-4-9-21(22)24(13-18)26(23)28/h2-5,7-9,11-13,17,20-22,25H,6,10,14H2,1H3,(H,27,30)/t17-,20+,21-,22-,25+/m1/s1. The van der Waals surface area contributed by atoms with E-state index in [1.807, 2.05) is 12.1 Å². The van der Waals surface area contributed by atoms with Crippen LogP contribution in [0.5, 0.6) is 0 Å². The minimum atomic E-state index is -0.303. The van der Waals surface area contributed by atoms with Gasteiger partial charge in [-0.3, -0.25) is 14.9 Å². The molecule has 2 aromatic rings. The van der Waals surface area contributed by atoms with Crippen LogP contribution in [0.3, 0.4) is 0 Å².